The Kier molecular flexibility index (Phi) is 6.14. The smallest absolute Gasteiger partial charge is 0.256 e. The maximum Gasteiger partial charge on any atom is 0.256 e. The quantitative estimate of drug-likeness (QED) is 0.800. The highest BCUT2D eigenvalue weighted by atomic mass is 16.2. The van der Waals surface area contributed by atoms with Crippen LogP contribution < -0.4 is 11.1 Å². The molecule has 1 atom stereocenters. The third-order valence-corrected chi connectivity index (χ3v) is 5.43. The number of likely N-dealkylation sites (tertiary alicyclic amines) is 1. The van der Waals surface area contributed by atoms with Gasteiger partial charge in [-0.3, -0.25) is 19.2 Å². The van der Waals surface area contributed by atoms with E-state index in [0.29, 0.717) is 18.7 Å². The molecule has 0 aliphatic carbocycles. The number of carbonyl (C=O) groups is 2. The molecule has 150 valence electrons. The number of nitrogens with two attached hydrogens (primary N) is 1. The van der Waals surface area contributed by atoms with E-state index in [2.05, 4.69) is 22.2 Å². The molecule has 0 unspecified atom stereocenters. The van der Waals surface area contributed by atoms with Gasteiger partial charge in [-0.1, -0.05) is 19.1 Å². The Morgan fingerprint density at radius 3 is 2.86 bits per heavy atom. The minimum atomic E-state index is -0.226. The summed E-state index contributed by atoms with van der Waals surface area (Å²) in [6.07, 6.45) is 2.64. The van der Waals surface area contributed by atoms with Crippen LogP contribution in [0.1, 0.15) is 46.9 Å². The van der Waals surface area contributed by atoms with Crippen molar-refractivity contribution in [3.63, 3.8) is 0 Å². The summed E-state index contributed by atoms with van der Waals surface area (Å²) in [7, 11) is 1.84. The largest absolute Gasteiger partial charge is 0.369 e. The number of benzene rings is 1. The number of hydrogen-bond acceptors (Lipinski definition) is 4. The minimum absolute atomic E-state index is 0.0826. The fourth-order valence-corrected chi connectivity index (χ4v) is 3.96. The third-order valence-electron chi connectivity index (χ3n) is 5.43. The van der Waals surface area contributed by atoms with Gasteiger partial charge >= 0.3 is 0 Å². The van der Waals surface area contributed by atoms with Crippen LogP contribution in [0.2, 0.25) is 0 Å². The van der Waals surface area contributed by atoms with Crippen LogP contribution in [0.25, 0.3) is 0 Å². The van der Waals surface area contributed by atoms with Crippen LogP contribution in [0.4, 0.5) is 5.82 Å². The van der Waals surface area contributed by atoms with E-state index in [1.54, 1.807) is 4.68 Å². The highest BCUT2D eigenvalue weighted by Crippen LogP contribution is 2.21. The molecule has 1 aliphatic rings. The van der Waals surface area contributed by atoms with Crippen LogP contribution >= 0.6 is 0 Å². The second kappa shape index (κ2) is 8.56. The van der Waals surface area contributed by atoms with Gasteiger partial charge in [0.2, 0.25) is 5.91 Å². The Balaban J connectivity index is 1.71. The Morgan fingerprint density at radius 1 is 1.36 bits per heavy atom. The number of carbonyl (C=O) groups excluding carboxylic acids is 2. The molecule has 3 N–H and O–H groups in total. The Labute approximate surface area is 165 Å². The maximum absolute atomic E-state index is 12.8. The summed E-state index contributed by atoms with van der Waals surface area (Å²) in [5.41, 5.74) is 9.12. The average molecular weight is 383 g/mol. The van der Waals surface area contributed by atoms with Crippen molar-refractivity contribution in [1.29, 1.82) is 0 Å². The average Bonchev–Trinajstić information content (AvgIpc) is 2.94. The molecule has 1 aromatic heterocycles. The summed E-state index contributed by atoms with van der Waals surface area (Å²) >= 11 is 0. The van der Waals surface area contributed by atoms with Gasteiger partial charge in [0.1, 0.15) is 5.82 Å². The van der Waals surface area contributed by atoms with Crippen molar-refractivity contribution in [3.05, 3.63) is 46.6 Å². The van der Waals surface area contributed by atoms with Crippen molar-refractivity contribution in [2.45, 2.75) is 39.7 Å². The number of primary amides is 1. The van der Waals surface area contributed by atoms with Crippen LogP contribution in [0, 0.1) is 12.8 Å². The number of rotatable bonds is 6. The zero-order valence-corrected chi connectivity index (χ0v) is 16.9. The summed E-state index contributed by atoms with van der Waals surface area (Å²) < 4.78 is 1.72. The molecule has 2 amide bonds. The number of anilines is 1. The van der Waals surface area contributed by atoms with Crippen molar-refractivity contribution in [2.75, 3.05) is 18.4 Å². The van der Waals surface area contributed by atoms with Crippen molar-refractivity contribution < 1.29 is 9.59 Å². The number of nitrogens with one attached hydrogen (secondary N) is 1. The fourth-order valence-electron chi connectivity index (χ4n) is 3.96. The highest BCUT2D eigenvalue weighted by Gasteiger charge is 2.24. The predicted molar refractivity (Wildman–Crippen MR) is 109 cm³/mol. The van der Waals surface area contributed by atoms with Crippen molar-refractivity contribution in [3.8, 4) is 0 Å². The first-order chi connectivity index (χ1) is 13.4. The van der Waals surface area contributed by atoms with E-state index in [-0.39, 0.29) is 17.7 Å². The predicted octanol–water partition coefficient (Wildman–Crippen LogP) is 2.24. The number of amides is 2. The minimum Gasteiger partial charge on any atom is -0.369 e. The lowest BCUT2D eigenvalue weighted by molar-refractivity contribution is -0.123. The number of nitrogens with zero attached hydrogens (tertiary/aromatic N) is 3. The van der Waals surface area contributed by atoms with Gasteiger partial charge in [-0.05, 0) is 50.4 Å². The standard InChI is InChI=1S/C21H29N5O2/c1-4-18-14(2)24-25(3)20(18)23-21(28)16-8-5-7-15(11-16)12-26-10-6-9-17(13-26)19(22)27/h5,7-8,11,17H,4,6,9-10,12-13H2,1-3H3,(H2,22,27)(H,23,28)/t17-/m1/s1. The van der Waals surface area contributed by atoms with E-state index in [9.17, 15) is 9.59 Å². The molecular formula is C21H29N5O2. The number of aromatic nitrogens is 2. The van der Waals surface area contributed by atoms with Crippen molar-refractivity contribution >= 4 is 17.6 Å². The summed E-state index contributed by atoms with van der Waals surface area (Å²) in [6.45, 7) is 6.33. The highest BCUT2D eigenvalue weighted by molar-refractivity contribution is 6.04. The van der Waals surface area contributed by atoms with E-state index >= 15 is 0 Å². The fraction of sp³-hybridized carbons (Fsp3) is 0.476. The van der Waals surface area contributed by atoms with E-state index in [0.717, 1.165) is 48.4 Å². The second-order valence-electron chi connectivity index (χ2n) is 7.52. The monoisotopic (exact) mass is 383 g/mol. The molecule has 1 aromatic carbocycles. The van der Waals surface area contributed by atoms with Gasteiger partial charge in [0, 0.05) is 31.3 Å². The molecule has 7 nitrogen and oxygen atoms in total. The normalized spacial score (nSPS) is 17.5. The van der Waals surface area contributed by atoms with Crippen molar-refractivity contribution in [2.24, 2.45) is 18.7 Å². The lowest BCUT2D eigenvalue weighted by atomic mass is 9.97. The van der Waals surface area contributed by atoms with Gasteiger partial charge in [0.15, 0.2) is 0 Å². The molecular weight excluding hydrogens is 354 g/mol. The van der Waals surface area contributed by atoms with Gasteiger partial charge < -0.3 is 11.1 Å². The molecule has 28 heavy (non-hydrogen) atoms. The summed E-state index contributed by atoms with van der Waals surface area (Å²) in [5.74, 6) is 0.292. The van der Waals surface area contributed by atoms with E-state index in [1.165, 1.54) is 0 Å². The molecule has 1 saturated heterocycles. The third kappa shape index (κ3) is 4.42. The topological polar surface area (TPSA) is 93.2 Å². The van der Waals surface area contributed by atoms with Gasteiger partial charge in [0.05, 0.1) is 11.6 Å². The summed E-state index contributed by atoms with van der Waals surface area (Å²) in [4.78, 5) is 26.5. The molecule has 1 aliphatic heterocycles. The zero-order valence-electron chi connectivity index (χ0n) is 16.9. The maximum atomic E-state index is 12.8. The van der Waals surface area contributed by atoms with Gasteiger partial charge in [-0.25, -0.2) is 0 Å². The van der Waals surface area contributed by atoms with Gasteiger partial charge in [-0.15, -0.1) is 0 Å². The second-order valence-corrected chi connectivity index (χ2v) is 7.52. The van der Waals surface area contributed by atoms with Crippen molar-refractivity contribution in [1.82, 2.24) is 14.7 Å². The summed E-state index contributed by atoms with van der Waals surface area (Å²) in [6, 6.07) is 7.64. The molecule has 2 heterocycles. The Bertz CT molecular complexity index is 874. The van der Waals surface area contributed by atoms with Crippen LogP contribution in [0.15, 0.2) is 24.3 Å². The molecule has 7 heteroatoms. The molecule has 2 aromatic rings. The molecule has 0 saturated carbocycles. The first kappa shape index (κ1) is 20.1. The SMILES string of the molecule is CCc1c(C)nn(C)c1NC(=O)c1cccc(CN2CCC[C@@H](C(N)=O)C2)c1. The van der Waals surface area contributed by atoms with Gasteiger partial charge in [0.25, 0.3) is 5.91 Å². The van der Waals surface area contributed by atoms with E-state index in [4.69, 9.17) is 5.73 Å². The molecule has 0 bridgehead atoms. The lowest BCUT2D eigenvalue weighted by Gasteiger charge is -2.31. The van der Waals surface area contributed by atoms with Gasteiger partial charge in [-0.2, -0.15) is 5.10 Å². The zero-order chi connectivity index (χ0) is 20.3. The number of hydrogen-bond donors (Lipinski definition) is 2. The molecule has 1 fully saturated rings. The number of aryl methyl sites for hydroxylation is 2. The molecule has 0 radical (unpaired) electrons. The van der Waals surface area contributed by atoms with Crippen LogP contribution in [-0.4, -0.2) is 39.6 Å². The van der Waals surface area contributed by atoms with Crippen LogP contribution in [-0.2, 0) is 24.8 Å². The Morgan fingerprint density at radius 2 is 2.14 bits per heavy atom. The van der Waals surface area contributed by atoms with E-state index < -0.39 is 0 Å². The van der Waals surface area contributed by atoms with Crippen LogP contribution in [0.3, 0.4) is 0 Å². The Hall–Kier alpha value is -2.67. The molecule has 0 spiro atoms. The first-order valence-corrected chi connectivity index (χ1v) is 9.83. The number of piperidine rings is 1. The summed E-state index contributed by atoms with van der Waals surface area (Å²) in [5, 5.41) is 7.41. The first-order valence-electron chi connectivity index (χ1n) is 9.83. The van der Waals surface area contributed by atoms with Crippen LogP contribution in [0.5, 0.6) is 0 Å². The lowest BCUT2D eigenvalue weighted by Crippen LogP contribution is -2.40. The van der Waals surface area contributed by atoms with E-state index in [1.807, 2.05) is 38.2 Å². The molecule has 3 rings (SSSR count).